The number of hydrogen-bond donors (Lipinski definition) is 6. The topological polar surface area (TPSA) is 170 Å². The van der Waals surface area contributed by atoms with E-state index in [2.05, 4.69) is 145 Å². The first-order chi connectivity index (χ1) is 38.8. The van der Waals surface area contributed by atoms with Gasteiger partial charge >= 0.3 is 12.2 Å². The summed E-state index contributed by atoms with van der Waals surface area (Å²) in [5.74, 6) is 3.86. The minimum atomic E-state index is -0.454. The summed E-state index contributed by atoms with van der Waals surface area (Å²) in [5, 5.41) is 13.5. The quantitative estimate of drug-likeness (QED) is 0.0679. The first-order valence-electron chi connectivity index (χ1n) is 31.5. The number of carbonyl (C=O) groups is 3. The molecule has 462 valence electrons. The second-order valence-electron chi connectivity index (χ2n) is 26.2. The van der Waals surface area contributed by atoms with E-state index in [1.165, 1.54) is 86.6 Å². The van der Waals surface area contributed by atoms with Gasteiger partial charge in [0.1, 0.15) is 17.5 Å². The Kier molecular flexibility index (Phi) is 30.7. The molecule has 0 spiro atoms. The fraction of sp³-hybridized carbons (Fsp3) is 0.614. The van der Waals surface area contributed by atoms with Crippen molar-refractivity contribution in [3.63, 3.8) is 0 Å². The number of halogens is 2. The highest BCUT2D eigenvalue weighted by Crippen LogP contribution is 2.42. The zero-order chi connectivity index (χ0) is 58.4. The van der Waals surface area contributed by atoms with E-state index in [4.69, 9.17) is 20.9 Å². The van der Waals surface area contributed by atoms with Gasteiger partial charge < -0.3 is 47.0 Å². The van der Waals surface area contributed by atoms with Gasteiger partial charge in [-0.15, -0.1) is 24.8 Å². The summed E-state index contributed by atoms with van der Waals surface area (Å²) in [6, 6.07) is 34.5. The van der Waals surface area contributed by atoms with Gasteiger partial charge in [0, 0.05) is 42.2 Å². The van der Waals surface area contributed by atoms with Gasteiger partial charge in [0.25, 0.3) is 0 Å². The Balaban J connectivity index is 0.000000245. The van der Waals surface area contributed by atoms with E-state index >= 15 is 0 Å². The van der Waals surface area contributed by atoms with Crippen molar-refractivity contribution < 1.29 is 23.9 Å². The third kappa shape index (κ3) is 27.2. The highest BCUT2D eigenvalue weighted by molar-refractivity contribution is 5.85. The molecule has 9 rings (SSSR count). The van der Waals surface area contributed by atoms with Gasteiger partial charge in [-0.2, -0.15) is 0 Å². The second-order valence-corrected chi connectivity index (χ2v) is 26.2. The van der Waals surface area contributed by atoms with Crippen molar-refractivity contribution in [3.8, 4) is 0 Å². The van der Waals surface area contributed by atoms with Gasteiger partial charge in [-0.05, 0) is 216 Å². The normalized spacial score (nSPS) is 27.5. The molecule has 0 bridgehead atoms. The lowest BCUT2D eigenvalue weighted by atomic mass is 9.86. The third-order valence-electron chi connectivity index (χ3n) is 17.0. The van der Waals surface area contributed by atoms with Crippen LogP contribution in [0.25, 0.3) is 18.2 Å². The number of ether oxygens (including phenoxy) is 2. The monoisotopic (exact) mass is 1180 g/mol. The number of nitrogens with one attached hydrogen (secondary N) is 4. The van der Waals surface area contributed by atoms with Crippen LogP contribution >= 0.6 is 24.8 Å². The van der Waals surface area contributed by atoms with Crippen LogP contribution in [0.5, 0.6) is 0 Å². The molecule has 0 radical (unpaired) electrons. The van der Waals surface area contributed by atoms with E-state index in [1.807, 2.05) is 47.6 Å². The molecule has 6 fully saturated rings. The molecular weight excluding hydrogens is 1080 g/mol. The molecule has 13 heteroatoms. The summed E-state index contributed by atoms with van der Waals surface area (Å²) in [6.45, 7) is 20.3. The largest absolute Gasteiger partial charge is 0.444 e. The molecular formula is C70H108Cl2N6O5. The summed E-state index contributed by atoms with van der Waals surface area (Å²) >= 11 is 0. The molecule has 0 saturated heterocycles. The minimum Gasteiger partial charge on any atom is -0.444 e. The van der Waals surface area contributed by atoms with E-state index in [1.54, 1.807) is 11.1 Å². The maximum atomic E-state index is 11.9. The first kappa shape index (κ1) is 71.0. The average Bonchev–Trinajstić information content (AvgIpc) is 4.43. The Bertz CT molecular complexity index is 2420. The lowest BCUT2D eigenvalue weighted by Gasteiger charge is -2.30. The Morgan fingerprint density at radius 1 is 0.494 bits per heavy atom. The van der Waals surface area contributed by atoms with Crippen molar-refractivity contribution >= 4 is 61.5 Å². The molecule has 6 aliphatic rings. The molecule has 11 nitrogen and oxygen atoms in total. The number of carbonyl (C=O) groups excluding carboxylic acids is 3. The maximum Gasteiger partial charge on any atom is 0.407 e. The highest BCUT2D eigenvalue weighted by atomic mass is 35.5. The molecule has 0 aromatic heterocycles. The van der Waals surface area contributed by atoms with Crippen LogP contribution in [-0.2, 0) is 14.3 Å². The summed E-state index contributed by atoms with van der Waals surface area (Å²) in [7, 11) is 0. The predicted molar refractivity (Wildman–Crippen MR) is 351 cm³/mol. The number of nitrogens with two attached hydrogens (primary N) is 2. The standard InChI is InChI=1S/C25H38N2O2.C20H30N2.C13H17N.C12H21NO3.2ClH/c1-5-20(15-18-9-7-6-8-10-18)22-16-23(22)26-17-19-11-13-21(14-12-19)27-24(28)29-25(2,3)4;1-2-17(12-15-6-4-3-5-7-15)19-13-20(19)22-14-16-8-10-18(21)11-9-16;1-2-11(12-9-13(12)14)8-10-6-4-3-5-7-10;1-12(2,3)16-11(15)13-10-6-4-9(8-14)5-7-10;;/h6-10,15,19,21-23,26H,5,11-14,16-17H2,1-4H3,(H,27,28);3-7,12,16,18-20,22H,2,8-11,13-14,21H2,1H3;3-8,12-13H,2,9,14H2,1H3;8-10H,4-7H2,1-3H3,(H,13,15);2*1H/b20-15+;17-12+;11-8+;;;/t19?,21?,22-,23+;16?,18?,19-,20+;12-,13+;;;/m000.../s1. The van der Waals surface area contributed by atoms with Crippen LogP contribution < -0.4 is 32.7 Å². The Morgan fingerprint density at radius 3 is 1.13 bits per heavy atom. The van der Waals surface area contributed by atoms with Gasteiger partial charge in [-0.25, -0.2) is 9.59 Å². The molecule has 2 amide bonds. The zero-order valence-electron chi connectivity index (χ0n) is 52.1. The van der Waals surface area contributed by atoms with Crippen molar-refractivity contribution in [1.29, 1.82) is 0 Å². The number of benzene rings is 3. The Morgan fingerprint density at radius 2 is 0.819 bits per heavy atom. The molecule has 0 aliphatic heterocycles. The fourth-order valence-electron chi connectivity index (χ4n) is 11.9. The van der Waals surface area contributed by atoms with Gasteiger partial charge in [-0.3, -0.25) is 0 Å². The third-order valence-corrected chi connectivity index (χ3v) is 17.0. The lowest BCUT2D eigenvalue weighted by molar-refractivity contribution is -0.111. The van der Waals surface area contributed by atoms with Crippen molar-refractivity contribution in [2.45, 2.75) is 225 Å². The Labute approximate surface area is 513 Å². The summed E-state index contributed by atoms with van der Waals surface area (Å²) in [4.78, 5) is 34.0. The van der Waals surface area contributed by atoms with Crippen LogP contribution in [0.1, 0.15) is 195 Å². The lowest BCUT2D eigenvalue weighted by Crippen LogP contribution is -2.41. The van der Waals surface area contributed by atoms with Crippen LogP contribution in [0.15, 0.2) is 108 Å². The van der Waals surface area contributed by atoms with E-state index in [0.29, 0.717) is 36.0 Å². The van der Waals surface area contributed by atoms with Crippen molar-refractivity contribution in [3.05, 3.63) is 124 Å². The molecule has 3 aromatic rings. The average molecular weight is 1180 g/mol. The smallest absolute Gasteiger partial charge is 0.407 e. The van der Waals surface area contributed by atoms with Gasteiger partial charge in [-0.1, -0.05) is 147 Å². The summed E-state index contributed by atoms with van der Waals surface area (Å²) in [6.07, 6.45) is 27.6. The van der Waals surface area contributed by atoms with Gasteiger partial charge in [0.05, 0.1) is 0 Å². The van der Waals surface area contributed by atoms with Crippen molar-refractivity contribution in [2.75, 3.05) is 13.1 Å². The zero-order valence-corrected chi connectivity index (χ0v) is 53.7. The SMILES string of the molecule is CC(C)(C)OC(=O)NC1CCC(C=O)CC1.CC/C(=C\c1ccccc1)[C@@H]1C[C@H]1N.CC/C(=C\c1ccccc1)[C@@H]1C[C@H]1NCC1CCC(N)CC1.CC/C(=C\c1ccccc1)[C@@H]1C[C@H]1NCC1CCC(NC(=O)OC(C)(C)C)CC1.Cl.Cl. The van der Waals surface area contributed by atoms with Crippen LogP contribution in [-0.4, -0.2) is 79.0 Å². The highest BCUT2D eigenvalue weighted by Gasteiger charge is 2.40. The van der Waals surface area contributed by atoms with Gasteiger partial charge in [0.15, 0.2) is 0 Å². The second kappa shape index (κ2) is 35.8. The number of aldehydes is 1. The number of rotatable bonds is 18. The Hall–Kier alpha value is -4.49. The molecule has 3 aromatic carbocycles. The van der Waals surface area contributed by atoms with Gasteiger partial charge in [0.2, 0.25) is 0 Å². The van der Waals surface area contributed by atoms with Crippen LogP contribution in [0.3, 0.4) is 0 Å². The number of amides is 2. The van der Waals surface area contributed by atoms with Crippen LogP contribution in [0.2, 0.25) is 0 Å². The molecule has 6 saturated carbocycles. The van der Waals surface area contributed by atoms with Crippen LogP contribution in [0, 0.1) is 35.5 Å². The minimum absolute atomic E-state index is 0. The fourth-order valence-corrected chi connectivity index (χ4v) is 11.9. The van der Waals surface area contributed by atoms with Crippen molar-refractivity contribution in [2.24, 2.45) is 47.0 Å². The molecule has 83 heavy (non-hydrogen) atoms. The molecule has 6 atom stereocenters. The molecule has 8 N–H and O–H groups in total. The molecule has 6 aliphatic carbocycles. The molecule has 0 unspecified atom stereocenters. The van der Waals surface area contributed by atoms with Crippen LogP contribution in [0.4, 0.5) is 9.59 Å². The number of alkyl carbamates (subject to hydrolysis) is 2. The first-order valence-corrected chi connectivity index (χ1v) is 31.5. The summed E-state index contributed by atoms with van der Waals surface area (Å²) < 4.78 is 10.5. The number of hydrogen-bond acceptors (Lipinski definition) is 9. The van der Waals surface area contributed by atoms with Crippen molar-refractivity contribution in [1.82, 2.24) is 21.3 Å². The maximum absolute atomic E-state index is 11.9. The van der Waals surface area contributed by atoms with E-state index < -0.39 is 11.2 Å². The van der Waals surface area contributed by atoms with E-state index in [0.717, 1.165) is 88.4 Å². The predicted octanol–water partition coefficient (Wildman–Crippen LogP) is 15.5. The van der Waals surface area contributed by atoms with E-state index in [-0.39, 0.29) is 55.0 Å². The molecule has 0 heterocycles. The summed E-state index contributed by atoms with van der Waals surface area (Å²) in [5.41, 5.74) is 19.6. The van der Waals surface area contributed by atoms with E-state index in [9.17, 15) is 14.4 Å².